The predicted octanol–water partition coefficient (Wildman–Crippen LogP) is -5.84. The molecular weight excluding hydrogens is 537 g/mol. The summed E-state index contributed by atoms with van der Waals surface area (Å²) in [6, 6.07) is 6.55. The number of amides is 1. The summed E-state index contributed by atoms with van der Waals surface area (Å²) < 4.78 is 22.2. The van der Waals surface area contributed by atoms with Crippen LogP contribution in [-0.4, -0.2) is 58.5 Å². The van der Waals surface area contributed by atoms with Gasteiger partial charge in [-0.2, -0.15) is 0 Å². The molecule has 16 heteroatoms. The van der Waals surface area contributed by atoms with Gasteiger partial charge in [0.1, 0.15) is 0 Å². The zero-order chi connectivity index (χ0) is 23.7. The molecule has 1 unspecified atom stereocenters. The van der Waals surface area contributed by atoms with E-state index >= 15 is 0 Å². The van der Waals surface area contributed by atoms with E-state index in [1.807, 2.05) is 29.2 Å². The van der Waals surface area contributed by atoms with Gasteiger partial charge in [0, 0.05) is 37.1 Å². The minimum atomic E-state index is -5.47. The maximum Gasteiger partial charge on any atom is 1.00 e. The summed E-state index contributed by atoms with van der Waals surface area (Å²) in [4.78, 5) is 54.2. The number of nitrogens with one attached hydrogen (secondary N) is 1. The molecule has 0 bridgehead atoms. The molecule has 33 heavy (non-hydrogen) atoms. The van der Waals surface area contributed by atoms with E-state index in [-0.39, 0.29) is 78.5 Å². The Morgan fingerprint density at radius 1 is 1.09 bits per heavy atom. The van der Waals surface area contributed by atoms with E-state index in [2.05, 4.69) is 5.32 Å². The molecule has 1 aromatic carbocycles. The monoisotopic (exact) mass is 563 g/mol. The number of rotatable bonds is 14. The number of nitrogens with two attached hydrogens (primary N) is 1. The largest absolute Gasteiger partial charge is 1.00 e. The standard InChI is InChI=1S/C17H29Cl2N3O7P2.2Na/c18-7-10-22(11-8-19)14-5-3-13(4-6-14)12-15(20)17(23)21-9-1-2-16(30(24,25)26)31(27,28)29;;/h3-6,15-16H,1-2,7-12,20H2,(H,21,23)(H2,24,25,26)(H2,27,28,29);;/q;2*+1/p-2/t15-;;/m0../s1. The second kappa shape index (κ2) is 17.7. The Morgan fingerprint density at radius 2 is 1.61 bits per heavy atom. The van der Waals surface area contributed by atoms with Crippen molar-refractivity contribution in [2.45, 2.75) is 30.7 Å². The van der Waals surface area contributed by atoms with Gasteiger partial charge >= 0.3 is 66.7 Å². The summed E-state index contributed by atoms with van der Waals surface area (Å²) in [5, 5.41) is 0.171. The summed E-state index contributed by atoms with van der Waals surface area (Å²) in [5.41, 5.74) is 7.66. The molecule has 0 fully saturated rings. The fraction of sp³-hybridized carbons (Fsp3) is 0.588. The number of alkyl halides is 2. The van der Waals surface area contributed by atoms with E-state index in [1.165, 1.54) is 0 Å². The van der Waals surface area contributed by atoms with Crippen LogP contribution in [-0.2, 0) is 20.3 Å². The molecular formula is C17H27Cl2N3Na2O7P2. The van der Waals surface area contributed by atoms with Gasteiger partial charge in [-0.3, -0.25) is 9.36 Å². The smallest absolute Gasteiger partial charge is 0.810 e. The van der Waals surface area contributed by atoms with Crippen molar-refractivity contribution in [3.63, 3.8) is 0 Å². The fourth-order valence-corrected chi connectivity index (χ4v) is 5.80. The van der Waals surface area contributed by atoms with Gasteiger partial charge in [-0.05, 0) is 37.0 Å². The van der Waals surface area contributed by atoms with Gasteiger partial charge in [0.2, 0.25) is 5.91 Å². The Hall–Kier alpha value is 1.33. The van der Waals surface area contributed by atoms with E-state index in [1.54, 1.807) is 0 Å². The van der Waals surface area contributed by atoms with Crippen LogP contribution in [0.4, 0.5) is 5.69 Å². The summed E-state index contributed by atoms with van der Waals surface area (Å²) in [6.45, 7) is 1.22. The van der Waals surface area contributed by atoms with E-state index in [0.717, 1.165) is 11.3 Å². The number of benzene rings is 1. The van der Waals surface area contributed by atoms with Gasteiger partial charge in [-0.1, -0.05) is 19.7 Å². The Morgan fingerprint density at radius 3 is 2.03 bits per heavy atom. The SMILES string of the molecule is N[C@@H](Cc1ccc(N(CCCl)CCCl)cc1)C(=O)NCCCC(P(=O)([O-])[O-])P(=O)(O)O.[Na+].[Na+]. The molecule has 0 radical (unpaired) electrons. The van der Waals surface area contributed by atoms with Crippen LogP contribution in [0.2, 0.25) is 0 Å². The zero-order valence-corrected chi connectivity index (χ0v) is 26.0. The van der Waals surface area contributed by atoms with Crippen molar-refractivity contribution >= 4 is 50.0 Å². The number of halogens is 2. The molecule has 5 N–H and O–H groups in total. The van der Waals surface area contributed by atoms with Crippen LogP contribution < -0.4 is 84.9 Å². The van der Waals surface area contributed by atoms with Crippen molar-refractivity contribution in [2.75, 3.05) is 36.3 Å². The third-order valence-corrected chi connectivity index (χ3v) is 8.61. The normalized spacial score (nSPS) is 13.3. The van der Waals surface area contributed by atoms with E-state index < -0.39 is 39.0 Å². The van der Waals surface area contributed by atoms with E-state index in [4.69, 9.17) is 38.7 Å². The van der Waals surface area contributed by atoms with Crippen molar-refractivity contribution in [1.29, 1.82) is 0 Å². The molecule has 1 rings (SSSR count). The summed E-state index contributed by atoms with van der Waals surface area (Å²) in [7, 11) is -10.6. The van der Waals surface area contributed by atoms with Crippen molar-refractivity contribution < 1.29 is 92.6 Å². The minimum absolute atomic E-state index is 0. The minimum Gasteiger partial charge on any atom is -0.810 e. The summed E-state index contributed by atoms with van der Waals surface area (Å²) >= 11 is 11.6. The first-order chi connectivity index (χ1) is 14.4. The Labute approximate surface area is 248 Å². The first-order valence-electron chi connectivity index (χ1n) is 9.46. The van der Waals surface area contributed by atoms with Crippen LogP contribution in [0.15, 0.2) is 24.3 Å². The number of nitrogens with zero attached hydrogens (tertiary/aromatic N) is 1. The Bertz CT molecular complexity index is 771. The molecule has 1 aromatic rings. The van der Waals surface area contributed by atoms with Crippen LogP contribution in [0.3, 0.4) is 0 Å². The average molecular weight is 564 g/mol. The molecule has 0 heterocycles. The van der Waals surface area contributed by atoms with Crippen LogP contribution in [0.5, 0.6) is 0 Å². The van der Waals surface area contributed by atoms with Crippen molar-refractivity contribution in [3.05, 3.63) is 29.8 Å². The Balaban J connectivity index is 0. The van der Waals surface area contributed by atoms with Crippen LogP contribution in [0, 0.1) is 0 Å². The molecule has 2 atom stereocenters. The fourth-order valence-electron chi connectivity index (χ4n) is 2.90. The van der Waals surface area contributed by atoms with E-state index in [0.29, 0.717) is 24.8 Å². The first kappa shape index (κ1) is 36.5. The maximum atomic E-state index is 12.1. The molecule has 0 aliphatic carbocycles. The molecule has 0 aliphatic heterocycles. The molecule has 0 saturated carbocycles. The number of carbonyl (C=O) groups excluding carboxylic acids is 1. The maximum absolute atomic E-state index is 12.1. The van der Waals surface area contributed by atoms with Crippen molar-refractivity contribution in [1.82, 2.24) is 5.32 Å². The second-order valence-electron chi connectivity index (χ2n) is 6.88. The van der Waals surface area contributed by atoms with Gasteiger partial charge in [0.15, 0.2) is 0 Å². The second-order valence-corrected chi connectivity index (χ2v) is 11.6. The third kappa shape index (κ3) is 14.0. The molecule has 0 aromatic heterocycles. The Kier molecular flexibility index (Phi) is 19.6. The van der Waals surface area contributed by atoms with Gasteiger partial charge in [-0.25, -0.2) is 0 Å². The molecule has 0 spiro atoms. The summed E-state index contributed by atoms with van der Waals surface area (Å²) in [5.74, 6) is 0.412. The molecule has 0 saturated heterocycles. The number of hydrogen-bond acceptors (Lipinski definition) is 7. The van der Waals surface area contributed by atoms with Gasteiger partial charge in [-0.15, -0.1) is 23.2 Å². The van der Waals surface area contributed by atoms with Gasteiger partial charge < -0.3 is 40.1 Å². The summed E-state index contributed by atoms with van der Waals surface area (Å²) in [6.07, 6.45) is -0.417. The number of carbonyl (C=O) groups is 1. The van der Waals surface area contributed by atoms with Gasteiger partial charge in [0.05, 0.1) is 11.4 Å². The van der Waals surface area contributed by atoms with Crippen molar-refractivity contribution in [2.24, 2.45) is 5.73 Å². The topological polar surface area (TPSA) is 179 Å². The quantitative estimate of drug-likeness (QED) is 0.0742. The third-order valence-electron chi connectivity index (χ3n) is 4.49. The average Bonchev–Trinajstić information content (AvgIpc) is 2.66. The van der Waals surface area contributed by atoms with Gasteiger partial charge in [0.25, 0.3) is 0 Å². The van der Waals surface area contributed by atoms with E-state index in [9.17, 15) is 23.7 Å². The van der Waals surface area contributed by atoms with Crippen LogP contribution in [0.25, 0.3) is 0 Å². The molecule has 10 nitrogen and oxygen atoms in total. The van der Waals surface area contributed by atoms with Crippen molar-refractivity contribution in [3.8, 4) is 0 Å². The molecule has 1 amide bonds. The van der Waals surface area contributed by atoms with Crippen LogP contribution in [0.1, 0.15) is 18.4 Å². The van der Waals surface area contributed by atoms with Crippen LogP contribution >= 0.6 is 38.4 Å². The molecule has 0 aliphatic rings. The number of hydrogen-bond donors (Lipinski definition) is 4. The predicted molar refractivity (Wildman–Crippen MR) is 117 cm³/mol. The first-order valence-corrected chi connectivity index (χ1v) is 13.8. The molecule has 178 valence electrons. The number of anilines is 1. The zero-order valence-electron chi connectivity index (χ0n) is 18.7.